The highest BCUT2D eigenvalue weighted by atomic mass is 32.1. The summed E-state index contributed by atoms with van der Waals surface area (Å²) >= 11 is 1.52. The summed E-state index contributed by atoms with van der Waals surface area (Å²) in [6, 6.07) is 20.0. The van der Waals surface area contributed by atoms with E-state index in [2.05, 4.69) is 10.3 Å². The molecule has 3 aromatic carbocycles. The Bertz CT molecular complexity index is 1090. The molecule has 134 valence electrons. The van der Waals surface area contributed by atoms with E-state index in [0.717, 1.165) is 27.0 Å². The van der Waals surface area contributed by atoms with Crippen LogP contribution in [0, 0.1) is 5.82 Å². The Labute approximate surface area is 160 Å². The third kappa shape index (κ3) is 4.04. The molecule has 4 aromatic rings. The summed E-state index contributed by atoms with van der Waals surface area (Å²) in [7, 11) is 0. The maximum atomic E-state index is 13.0. The molecule has 1 amide bonds. The Morgan fingerprint density at radius 1 is 1.00 bits per heavy atom. The van der Waals surface area contributed by atoms with Gasteiger partial charge in [-0.2, -0.15) is 0 Å². The number of carbonyl (C=O) groups excluding carboxylic acids is 1. The molecule has 1 aromatic heterocycles. The van der Waals surface area contributed by atoms with E-state index in [0.29, 0.717) is 18.5 Å². The van der Waals surface area contributed by atoms with Crippen LogP contribution < -0.4 is 5.32 Å². The molecule has 0 saturated carbocycles. The standard InChI is InChI=1S/C22H17FN2OS/c23-19-9-7-16(8-10-19)22-25-20(14-27-22)11-12-24-21(26)18-6-5-15-3-1-2-4-17(15)13-18/h1-10,13-14H,11-12H2,(H,24,26). The predicted molar refractivity (Wildman–Crippen MR) is 107 cm³/mol. The molecule has 0 radical (unpaired) electrons. The average Bonchev–Trinajstić information content (AvgIpc) is 3.17. The van der Waals surface area contributed by atoms with Gasteiger partial charge in [-0.25, -0.2) is 9.37 Å². The van der Waals surface area contributed by atoms with Crippen molar-refractivity contribution in [3.63, 3.8) is 0 Å². The Kier molecular flexibility index (Phi) is 4.94. The van der Waals surface area contributed by atoms with Crippen LogP contribution in [0.3, 0.4) is 0 Å². The number of aromatic nitrogens is 1. The minimum absolute atomic E-state index is 0.0882. The molecule has 0 aliphatic heterocycles. The second kappa shape index (κ2) is 7.68. The molecule has 4 rings (SSSR count). The summed E-state index contributed by atoms with van der Waals surface area (Å²) < 4.78 is 13.0. The molecule has 3 nitrogen and oxygen atoms in total. The minimum Gasteiger partial charge on any atom is -0.352 e. The third-order valence-corrected chi connectivity index (χ3v) is 5.26. The van der Waals surface area contributed by atoms with Crippen molar-refractivity contribution < 1.29 is 9.18 Å². The number of carbonyl (C=O) groups is 1. The van der Waals surface area contributed by atoms with Crippen molar-refractivity contribution in [1.82, 2.24) is 10.3 Å². The Balaban J connectivity index is 1.36. The fraction of sp³-hybridized carbons (Fsp3) is 0.0909. The molecule has 5 heteroatoms. The zero-order chi connectivity index (χ0) is 18.6. The summed E-state index contributed by atoms with van der Waals surface area (Å²) in [4.78, 5) is 16.9. The molecular weight excluding hydrogens is 359 g/mol. The fourth-order valence-corrected chi connectivity index (χ4v) is 3.74. The summed E-state index contributed by atoms with van der Waals surface area (Å²) in [5.74, 6) is -0.346. The van der Waals surface area contributed by atoms with E-state index in [-0.39, 0.29) is 11.7 Å². The van der Waals surface area contributed by atoms with Crippen LogP contribution in [-0.4, -0.2) is 17.4 Å². The molecule has 0 aliphatic rings. The SMILES string of the molecule is O=C(NCCc1csc(-c2ccc(F)cc2)n1)c1ccc2ccccc2c1. The number of nitrogens with one attached hydrogen (secondary N) is 1. The smallest absolute Gasteiger partial charge is 0.251 e. The zero-order valence-corrected chi connectivity index (χ0v) is 15.3. The molecule has 0 spiro atoms. The number of thiazole rings is 1. The molecule has 1 heterocycles. The first-order chi connectivity index (χ1) is 13.2. The second-order valence-electron chi connectivity index (χ2n) is 6.22. The van der Waals surface area contributed by atoms with Crippen molar-refractivity contribution >= 4 is 28.0 Å². The van der Waals surface area contributed by atoms with Crippen molar-refractivity contribution in [2.75, 3.05) is 6.54 Å². The minimum atomic E-state index is -0.257. The van der Waals surface area contributed by atoms with Gasteiger partial charge in [0.15, 0.2) is 0 Å². The molecule has 0 unspecified atom stereocenters. The monoisotopic (exact) mass is 376 g/mol. The molecule has 27 heavy (non-hydrogen) atoms. The quantitative estimate of drug-likeness (QED) is 0.528. The molecular formula is C22H17FN2OS. The van der Waals surface area contributed by atoms with E-state index in [1.165, 1.54) is 23.5 Å². The lowest BCUT2D eigenvalue weighted by atomic mass is 10.1. The maximum absolute atomic E-state index is 13.0. The summed E-state index contributed by atoms with van der Waals surface area (Å²) in [5.41, 5.74) is 2.46. The summed E-state index contributed by atoms with van der Waals surface area (Å²) in [6.07, 6.45) is 0.650. The molecule has 0 atom stereocenters. The number of nitrogens with zero attached hydrogens (tertiary/aromatic N) is 1. The first kappa shape index (κ1) is 17.4. The molecule has 0 aliphatic carbocycles. The number of benzene rings is 3. The first-order valence-corrected chi connectivity index (χ1v) is 9.54. The zero-order valence-electron chi connectivity index (χ0n) is 14.5. The lowest BCUT2D eigenvalue weighted by Gasteiger charge is -2.05. The van der Waals surface area contributed by atoms with Crippen molar-refractivity contribution in [3.05, 3.63) is 89.2 Å². The second-order valence-corrected chi connectivity index (χ2v) is 7.08. The van der Waals surface area contributed by atoms with E-state index in [1.807, 2.05) is 47.8 Å². The van der Waals surface area contributed by atoms with Gasteiger partial charge in [0.2, 0.25) is 0 Å². The van der Waals surface area contributed by atoms with Gasteiger partial charge >= 0.3 is 0 Å². The van der Waals surface area contributed by atoms with Crippen molar-refractivity contribution in [2.24, 2.45) is 0 Å². The Morgan fingerprint density at radius 2 is 1.78 bits per heavy atom. The number of rotatable bonds is 5. The van der Waals surface area contributed by atoms with Gasteiger partial charge in [-0.1, -0.05) is 30.3 Å². The number of amides is 1. The van der Waals surface area contributed by atoms with Crippen molar-refractivity contribution in [3.8, 4) is 10.6 Å². The van der Waals surface area contributed by atoms with Crippen LogP contribution in [0.2, 0.25) is 0 Å². The van der Waals surface area contributed by atoms with Gasteiger partial charge in [0.1, 0.15) is 10.8 Å². The first-order valence-electron chi connectivity index (χ1n) is 8.66. The summed E-state index contributed by atoms with van der Waals surface area (Å²) in [6.45, 7) is 0.512. The summed E-state index contributed by atoms with van der Waals surface area (Å²) in [5, 5.41) is 7.94. The third-order valence-electron chi connectivity index (χ3n) is 4.32. The van der Waals surface area contributed by atoms with Crippen LogP contribution in [0.25, 0.3) is 21.3 Å². The van der Waals surface area contributed by atoms with E-state index < -0.39 is 0 Å². The van der Waals surface area contributed by atoms with E-state index >= 15 is 0 Å². The lowest BCUT2D eigenvalue weighted by Crippen LogP contribution is -2.25. The van der Waals surface area contributed by atoms with Crippen LogP contribution in [0.4, 0.5) is 4.39 Å². The van der Waals surface area contributed by atoms with E-state index in [1.54, 1.807) is 12.1 Å². The van der Waals surface area contributed by atoms with Gasteiger partial charge in [-0.05, 0) is 47.2 Å². The lowest BCUT2D eigenvalue weighted by molar-refractivity contribution is 0.0954. The number of hydrogen-bond acceptors (Lipinski definition) is 3. The fourth-order valence-electron chi connectivity index (χ4n) is 2.88. The highest BCUT2D eigenvalue weighted by Gasteiger charge is 2.08. The molecule has 1 N–H and O–H groups in total. The number of halogens is 1. The predicted octanol–water partition coefficient (Wildman–Crippen LogP) is 5.07. The maximum Gasteiger partial charge on any atom is 0.251 e. The number of hydrogen-bond donors (Lipinski definition) is 1. The highest BCUT2D eigenvalue weighted by Crippen LogP contribution is 2.24. The molecule has 0 saturated heterocycles. The van der Waals surface area contributed by atoms with Gasteiger partial charge in [-0.3, -0.25) is 4.79 Å². The van der Waals surface area contributed by atoms with Gasteiger partial charge in [0.05, 0.1) is 5.69 Å². The Morgan fingerprint density at radius 3 is 2.59 bits per heavy atom. The van der Waals surface area contributed by atoms with Crippen LogP contribution in [-0.2, 0) is 6.42 Å². The van der Waals surface area contributed by atoms with Gasteiger partial charge in [0.25, 0.3) is 5.91 Å². The van der Waals surface area contributed by atoms with Crippen molar-refractivity contribution in [2.45, 2.75) is 6.42 Å². The van der Waals surface area contributed by atoms with Gasteiger partial charge in [-0.15, -0.1) is 11.3 Å². The highest BCUT2D eigenvalue weighted by molar-refractivity contribution is 7.13. The van der Waals surface area contributed by atoms with E-state index in [9.17, 15) is 9.18 Å². The largest absolute Gasteiger partial charge is 0.352 e. The van der Waals surface area contributed by atoms with Gasteiger partial charge in [0, 0.05) is 29.5 Å². The molecule has 0 bridgehead atoms. The van der Waals surface area contributed by atoms with Crippen LogP contribution in [0.15, 0.2) is 72.1 Å². The Hall–Kier alpha value is -3.05. The van der Waals surface area contributed by atoms with Crippen LogP contribution >= 0.6 is 11.3 Å². The topological polar surface area (TPSA) is 42.0 Å². The van der Waals surface area contributed by atoms with Gasteiger partial charge < -0.3 is 5.32 Å². The van der Waals surface area contributed by atoms with Crippen LogP contribution in [0.5, 0.6) is 0 Å². The average molecular weight is 376 g/mol. The van der Waals surface area contributed by atoms with Crippen LogP contribution in [0.1, 0.15) is 16.1 Å². The normalized spacial score (nSPS) is 10.9. The number of fused-ring (bicyclic) bond motifs is 1. The van der Waals surface area contributed by atoms with Crippen molar-refractivity contribution in [1.29, 1.82) is 0 Å². The molecule has 0 fully saturated rings. The van der Waals surface area contributed by atoms with E-state index in [4.69, 9.17) is 0 Å².